The molecular formula is C17H14N2O3. The maximum atomic E-state index is 11.5. The summed E-state index contributed by atoms with van der Waals surface area (Å²) in [6, 6.07) is 16.5. The number of methoxy groups -OCH3 is 1. The third-order valence-corrected chi connectivity index (χ3v) is 3.33. The molecule has 3 rings (SSSR count). The Balaban J connectivity index is 2.08. The summed E-state index contributed by atoms with van der Waals surface area (Å²) in [7, 11) is 1.60. The van der Waals surface area contributed by atoms with Crippen LogP contribution in [-0.4, -0.2) is 28.0 Å². The van der Waals surface area contributed by atoms with E-state index in [9.17, 15) is 9.90 Å². The first kappa shape index (κ1) is 13.9. The van der Waals surface area contributed by atoms with Crippen molar-refractivity contribution in [3.8, 4) is 22.7 Å². The number of carboxylic acids is 1. The van der Waals surface area contributed by atoms with Crippen molar-refractivity contribution in [2.45, 2.75) is 0 Å². The van der Waals surface area contributed by atoms with Crippen LogP contribution >= 0.6 is 0 Å². The zero-order valence-electron chi connectivity index (χ0n) is 11.9. The molecule has 0 aliphatic rings. The van der Waals surface area contributed by atoms with Gasteiger partial charge in [0.25, 0.3) is 0 Å². The number of benzene rings is 2. The highest BCUT2D eigenvalue weighted by Crippen LogP contribution is 2.24. The lowest BCUT2D eigenvalue weighted by Crippen LogP contribution is -1.96. The van der Waals surface area contributed by atoms with E-state index in [0.29, 0.717) is 5.69 Å². The van der Waals surface area contributed by atoms with Crippen molar-refractivity contribution in [2.75, 3.05) is 7.11 Å². The molecular weight excluding hydrogens is 280 g/mol. The second kappa shape index (κ2) is 5.73. The Kier molecular flexibility index (Phi) is 3.62. The van der Waals surface area contributed by atoms with E-state index in [0.717, 1.165) is 17.0 Å². The van der Waals surface area contributed by atoms with Gasteiger partial charge in [-0.15, -0.1) is 0 Å². The van der Waals surface area contributed by atoms with Crippen LogP contribution in [0.2, 0.25) is 0 Å². The molecule has 5 nitrogen and oxygen atoms in total. The minimum Gasteiger partial charge on any atom is -0.497 e. The second-order valence-electron chi connectivity index (χ2n) is 4.71. The van der Waals surface area contributed by atoms with Gasteiger partial charge < -0.3 is 9.84 Å². The van der Waals surface area contributed by atoms with E-state index in [4.69, 9.17) is 4.74 Å². The average molecular weight is 294 g/mol. The highest BCUT2D eigenvalue weighted by molar-refractivity contribution is 5.94. The van der Waals surface area contributed by atoms with E-state index >= 15 is 0 Å². The van der Waals surface area contributed by atoms with Gasteiger partial charge in [0.1, 0.15) is 17.0 Å². The first-order valence-electron chi connectivity index (χ1n) is 6.72. The molecule has 0 unspecified atom stereocenters. The predicted octanol–water partition coefficient (Wildman–Crippen LogP) is 3.25. The van der Waals surface area contributed by atoms with Gasteiger partial charge in [-0.2, -0.15) is 5.10 Å². The predicted molar refractivity (Wildman–Crippen MR) is 82.5 cm³/mol. The molecule has 0 fully saturated rings. The lowest BCUT2D eigenvalue weighted by molar-refractivity contribution is 0.0697. The van der Waals surface area contributed by atoms with E-state index in [2.05, 4.69) is 5.10 Å². The molecule has 0 aliphatic heterocycles. The fourth-order valence-electron chi connectivity index (χ4n) is 2.21. The Morgan fingerprint density at radius 1 is 1.09 bits per heavy atom. The summed E-state index contributed by atoms with van der Waals surface area (Å²) >= 11 is 0. The molecule has 0 atom stereocenters. The molecule has 1 heterocycles. The van der Waals surface area contributed by atoms with Gasteiger partial charge in [0.05, 0.1) is 12.8 Å². The van der Waals surface area contributed by atoms with E-state index in [1.165, 1.54) is 6.20 Å². The number of ether oxygens (including phenoxy) is 1. The molecule has 1 N–H and O–H groups in total. The molecule has 2 aromatic carbocycles. The summed E-state index contributed by atoms with van der Waals surface area (Å²) < 4.78 is 6.68. The quantitative estimate of drug-likeness (QED) is 0.802. The number of rotatable bonds is 4. The molecule has 0 radical (unpaired) electrons. The van der Waals surface area contributed by atoms with Crippen LogP contribution in [-0.2, 0) is 0 Å². The first-order chi connectivity index (χ1) is 10.7. The summed E-state index contributed by atoms with van der Waals surface area (Å²) in [5.41, 5.74) is 2.16. The zero-order chi connectivity index (χ0) is 15.5. The maximum Gasteiger partial charge on any atom is 0.339 e. The molecule has 0 amide bonds. The number of hydrogen-bond donors (Lipinski definition) is 1. The number of hydrogen-bond acceptors (Lipinski definition) is 3. The minimum absolute atomic E-state index is 0.169. The van der Waals surface area contributed by atoms with Crippen LogP contribution < -0.4 is 4.74 Å². The molecule has 0 bridgehead atoms. The van der Waals surface area contributed by atoms with Crippen LogP contribution in [0.1, 0.15) is 10.4 Å². The molecule has 0 saturated carbocycles. The fourth-order valence-corrected chi connectivity index (χ4v) is 2.21. The van der Waals surface area contributed by atoms with Crippen molar-refractivity contribution in [2.24, 2.45) is 0 Å². The van der Waals surface area contributed by atoms with Gasteiger partial charge in [0.2, 0.25) is 0 Å². The Bertz CT molecular complexity index is 793. The molecule has 5 heteroatoms. The molecule has 0 aliphatic carbocycles. The molecule has 0 saturated heterocycles. The molecule has 0 spiro atoms. The van der Waals surface area contributed by atoms with Crippen LogP contribution in [0.25, 0.3) is 16.9 Å². The summed E-state index contributed by atoms with van der Waals surface area (Å²) in [5.74, 6) is -0.267. The summed E-state index contributed by atoms with van der Waals surface area (Å²) in [5, 5.41) is 13.8. The lowest BCUT2D eigenvalue weighted by atomic mass is 10.1. The number of carbonyl (C=O) groups is 1. The van der Waals surface area contributed by atoms with Gasteiger partial charge in [-0.3, -0.25) is 0 Å². The van der Waals surface area contributed by atoms with Gasteiger partial charge >= 0.3 is 5.97 Å². The van der Waals surface area contributed by atoms with Crippen molar-refractivity contribution >= 4 is 5.97 Å². The maximum absolute atomic E-state index is 11.5. The van der Waals surface area contributed by atoms with E-state index < -0.39 is 5.97 Å². The van der Waals surface area contributed by atoms with Crippen molar-refractivity contribution in [1.82, 2.24) is 9.78 Å². The standard InChI is InChI=1S/C17H14N2O3/c1-22-14-9-7-13(8-10-14)19-11-15(17(20)21)16(18-19)12-5-3-2-4-6-12/h2-11H,1H3,(H,20,21). The van der Waals surface area contributed by atoms with Gasteiger partial charge in [-0.25, -0.2) is 9.48 Å². The van der Waals surface area contributed by atoms with Gasteiger partial charge in [0.15, 0.2) is 0 Å². The Hall–Kier alpha value is -3.08. The van der Waals surface area contributed by atoms with E-state index in [1.54, 1.807) is 23.9 Å². The van der Waals surface area contributed by atoms with Crippen molar-refractivity contribution in [1.29, 1.82) is 0 Å². The normalized spacial score (nSPS) is 10.4. The molecule has 110 valence electrons. The lowest BCUT2D eigenvalue weighted by Gasteiger charge is -2.03. The SMILES string of the molecule is COc1ccc(-n2cc(C(=O)O)c(-c3ccccc3)n2)cc1. The van der Waals surface area contributed by atoms with E-state index in [-0.39, 0.29) is 5.56 Å². The number of nitrogens with zero attached hydrogens (tertiary/aromatic N) is 2. The first-order valence-corrected chi connectivity index (χ1v) is 6.72. The fraction of sp³-hybridized carbons (Fsp3) is 0.0588. The molecule has 3 aromatic rings. The van der Waals surface area contributed by atoms with Crippen LogP contribution in [0.15, 0.2) is 60.8 Å². The Labute approximate surface area is 127 Å². The van der Waals surface area contributed by atoms with Gasteiger partial charge in [-0.05, 0) is 24.3 Å². The van der Waals surface area contributed by atoms with Crippen LogP contribution in [0.4, 0.5) is 0 Å². The molecule has 1 aromatic heterocycles. The highest BCUT2D eigenvalue weighted by atomic mass is 16.5. The Morgan fingerprint density at radius 2 is 1.77 bits per heavy atom. The van der Waals surface area contributed by atoms with Crippen molar-refractivity contribution < 1.29 is 14.6 Å². The van der Waals surface area contributed by atoms with Gasteiger partial charge in [0, 0.05) is 11.8 Å². The number of aromatic carboxylic acids is 1. The third-order valence-electron chi connectivity index (χ3n) is 3.33. The van der Waals surface area contributed by atoms with Gasteiger partial charge in [-0.1, -0.05) is 30.3 Å². The van der Waals surface area contributed by atoms with Crippen LogP contribution in [0, 0.1) is 0 Å². The van der Waals surface area contributed by atoms with E-state index in [1.807, 2.05) is 42.5 Å². The number of aromatic nitrogens is 2. The second-order valence-corrected chi connectivity index (χ2v) is 4.71. The topological polar surface area (TPSA) is 64.3 Å². The smallest absolute Gasteiger partial charge is 0.339 e. The Morgan fingerprint density at radius 3 is 2.36 bits per heavy atom. The monoisotopic (exact) mass is 294 g/mol. The molecule has 22 heavy (non-hydrogen) atoms. The minimum atomic E-state index is -1.00. The van der Waals surface area contributed by atoms with Crippen molar-refractivity contribution in [3.63, 3.8) is 0 Å². The summed E-state index contributed by atoms with van der Waals surface area (Å²) in [4.78, 5) is 11.5. The average Bonchev–Trinajstić information content (AvgIpc) is 3.01. The third kappa shape index (κ3) is 2.56. The summed E-state index contributed by atoms with van der Waals surface area (Å²) in [6.45, 7) is 0. The largest absolute Gasteiger partial charge is 0.497 e. The van der Waals surface area contributed by atoms with Crippen LogP contribution in [0.3, 0.4) is 0 Å². The van der Waals surface area contributed by atoms with Crippen LogP contribution in [0.5, 0.6) is 5.75 Å². The number of carboxylic acid groups (broad SMARTS) is 1. The highest BCUT2D eigenvalue weighted by Gasteiger charge is 2.17. The van der Waals surface area contributed by atoms with Crippen molar-refractivity contribution in [3.05, 3.63) is 66.4 Å². The summed E-state index contributed by atoms with van der Waals surface area (Å²) in [6.07, 6.45) is 1.52. The zero-order valence-corrected chi connectivity index (χ0v) is 11.9.